The number of amides is 2. The third kappa shape index (κ3) is 3.95. The lowest BCUT2D eigenvalue weighted by Gasteiger charge is -2.18. The highest BCUT2D eigenvalue weighted by Crippen LogP contribution is 2.07. The van der Waals surface area contributed by atoms with Gasteiger partial charge in [-0.1, -0.05) is 13.8 Å². The maximum atomic E-state index is 11.9. The number of carbonyl (C=O) groups is 2. The molecule has 2 amide bonds. The molecule has 0 saturated heterocycles. The standard InChI is InChI=1S/C11H14IN3O2/c1-6(2)9(10(13)16)15-11(17)7-3-8(12)5-14-4-7/h3-6,9H,1-2H3,(H2,13,16)(H,15,17). The zero-order valence-electron chi connectivity index (χ0n) is 9.61. The zero-order chi connectivity index (χ0) is 13.0. The van der Waals surface area contributed by atoms with Crippen molar-refractivity contribution >= 4 is 34.4 Å². The first kappa shape index (κ1) is 13.9. The van der Waals surface area contributed by atoms with Crippen molar-refractivity contribution in [1.82, 2.24) is 10.3 Å². The van der Waals surface area contributed by atoms with Crippen LogP contribution in [0.1, 0.15) is 24.2 Å². The van der Waals surface area contributed by atoms with E-state index < -0.39 is 11.9 Å². The highest BCUT2D eigenvalue weighted by Gasteiger charge is 2.22. The van der Waals surface area contributed by atoms with Gasteiger partial charge in [0.1, 0.15) is 6.04 Å². The Morgan fingerprint density at radius 1 is 1.41 bits per heavy atom. The van der Waals surface area contributed by atoms with E-state index in [1.165, 1.54) is 6.20 Å². The first-order valence-electron chi connectivity index (χ1n) is 5.12. The predicted octanol–water partition coefficient (Wildman–Crippen LogP) is 0.926. The molecule has 1 aromatic rings. The van der Waals surface area contributed by atoms with Crippen LogP contribution in [-0.2, 0) is 4.79 Å². The minimum atomic E-state index is -0.666. The van der Waals surface area contributed by atoms with E-state index in [9.17, 15) is 9.59 Å². The Morgan fingerprint density at radius 3 is 2.53 bits per heavy atom. The number of aromatic nitrogens is 1. The lowest BCUT2D eigenvalue weighted by Crippen LogP contribution is -2.47. The van der Waals surface area contributed by atoms with Gasteiger partial charge < -0.3 is 11.1 Å². The van der Waals surface area contributed by atoms with Gasteiger partial charge in [0, 0.05) is 16.0 Å². The summed E-state index contributed by atoms with van der Waals surface area (Å²) in [4.78, 5) is 26.9. The van der Waals surface area contributed by atoms with Crippen molar-refractivity contribution in [2.75, 3.05) is 0 Å². The molecule has 6 heteroatoms. The van der Waals surface area contributed by atoms with Crippen molar-refractivity contribution in [2.45, 2.75) is 19.9 Å². The molecule has 3 N–H and O–H groups in total. The van der Waals surface area contributed by atoms with Gasteiger partial charge in [-0.25, -0.2) is 0 Å². The SMILES string of the molecule is CC(C)C(NC(=O)c1cncc(I)c1)C(N)=O. The molecule has 1 atom stereocenters. The molecule has 0 aromatic carbocycles. The maximum Gasteiger partial charge on any atom is 0.253 e. The summed E-state index contributed by atoms with van der Waals surface area (Å²) in [5.41, 5.74) is 5.64. The maximum absolute atomic E-state index is 11.9. The summed E-state index contributed by atoms with van der Waals surface area (Å²) in [5.74, 6) is -0.923. The largest absolute Gasteiger partial charge is 0.368 e. The average Bonchev–Trinajstić information content (AvgIpc) is 2.24. The third-order valence-corrected chi connectivity index (χ3v) is 2.82. The van der Waals surface area contributed by atoms with Crippen LogP contribution in [0.5, 0.6) is 0 Å². The van der Waals surface area contributed by atoms with Gasteiger partial charge in [0.15, 0.2) is 0 Å². The zero-order valence-corrected chi connectivity index (χ0v) is 11.8. The van der Waals surface area contributed by atoms with Crippen molar-refractivity contribution < 1.29 is 9.59 Å². The van der Waals surface area contributed by atoms with Gasteiger partial charge >= 0.3 is 0 Å². The summed E-state index contributed by atoms with van der Waals surface area (Å²) in [7, 11) is 0. The molecule has 0 bridgehead atoms. The van der Waals surface area contributed by atoms with Crippen LogP contribution in [0.2, 0.25) is 0 Å². The molecular weight excluding hydrogens is 333 g/mol. The average molecular weight is 347 g/mol. The van der Waals surface area contributed by atoms with Gasteiger partial charge in [0.05, 0.1) is 5.56 Å². The summed E-state index contributed by atoms with van der Waals surface area (Å²) in [6.07, 6.45) is 3.10. The molecule has 0 radical (unpaired) electrons. The topological polar surface area (TPSA) is 85.1 Å². The van der Waals surface area contributed by atoms with Gasteiger partial charge in [-0.05, 0) is 34.6 Å². The summed E-state index contributed by atoms with van der Waals surface area (Å²) in [6.45, 7) is 3.64. The molecule has 0 saturated carbocycles. The van der Waals surface area contributed by atoms with E-state index in [0.29, 0.717) is 5.56 Å². The van der Waals surface area contributed by atoms with Crippen LogP contribution >= 0.6 is 22.6 Å². The van der Waals surface area contributed by atoms with Gasteiger partial charge in [0.25, 0.3) is 5.91 Å². The molecule has 0 aliphatic heterocycles. The van der Waals surface area contributed by atoms with Crippen LogP contribution in [-0.4, -0.2) is 22.8 Å². The van der Waals surface area contributed by atoms with Crippen LogP contribution in [0.25, 0.3) is 0 Å². The van der Waals surface area contributed by atoms with E-state index in [1.807, 2.05) is 13.8 Å². The number of rotatable bonds is 4. The van der Waals surface area contributed by atoms with Crippen molar-refractivity contribution in [2.24, 2.45) is 11.7 Å². The highest BCUT2D eigenvalue weighted by atomic mass is 127. The second kappa shape index (κ2) is 5.95. The lowest BCUT2D eigenvalue weighted by molar-refractivity contribution is -0.120. The molecule has 0 aliphatic carbocycles. The number of nitrogens with two attached hydrogens (primary N) is 1. The predicted molar refractivity (Wildman–Crippen MR) is 72.2 cm³/mol. The molecule has 0 aliphatic rings. The van der Waals surface area contributed by atoms with Crippen molar-refractivity contribution in [3.05, 3.63) is 27.6 Å². The molecule has 92 valence electrons. The van der Waals surface area contributed by atoms with E-state index >= 15 is 0 Å². The fraction of sp³-hybridized carbons (Fsp3) is 0.364. The lowest BCUT2D eigenvalue weighted by atomic mass is 10.0. The van der Waals surface area contributed by atoms with Crippen LogP contribution in [0.15, 0.2) is 18.5 Å². The van der Waals surface area contributed by atoms with Crippen LogP contribution in [0.3, 0.4) is 0 Å². The summed E-state index contributed by atoms with van der Waals surface area (Å²) in [5, 5.41) is 2.60. The third-order valence-electron chi connectivity index (χ3n) is 2.23. The molecule has 0 fully saturated rings. The Hall–Kier alpha value is -1.18. The molecule has 1 unspecified atom stereocenters. The van der Waals surface area contributed by atoms with Crippen molar-refractivity contribution in [3.63, 3.8) is 0 Å². The van der Waals surface area contributed by atoms with E-state index in [1.54, 1.807) is 12.3 Å². The fourth-order valence-corrected chi connectivity index (χ4v) is 1.82. The smallest absolute Gasteiger partial charge is 0.253 e. The number of hydrogen-bond donors (Lipinski definition) is 2. The number of carbonyl (C=O) groups excluding carboxylic acids is 2. The van der Waals surface area contributed by atoms with E-state index in [2.05, 4.69) is 32.9 Å². The molecule has 17 heavy (non-hydrogen) atoms. The number of hydrogen-bond acceptors (Lipinski definition) is 3. The van der Waals surface area contributed by atoms with Gasteiger partial charge in [0.2, 0.25) is 5.91 Å². The monoisotopic (exact) mass is 347 g/mol. The Morgan fingerprint density at radius 2 is 2.06 bits per heavy atom. The minimum absolute atomic E-state index is 0.0489. The van der Waals surface area contributed by atoms with Crippen molar-refractivity contribution in [3.8, 4) is 0 Å². The second-order valence-electron chi connectivity index (χ2n) is 3.99. The molecule has 5 nitrogen and oxygen atoms in total. The van der Waals surface area contributed by atoms with Crippen LogP contribution in [0, 0.1) is 9.49 Å². The molecule has 0 spiro atoms. The second-order valence-corrected chi connectivity index (χ2v) is 5.23. The molecule has 1 heterocycles. The van der Waals surface area contributed by atoms with Gasteiger partial charge in [-0.2, -0.15) is 0 Å². The number of nitrogens with one attached hydrogen (secondary N) is 1. The fourth-order valence-electron chi connectivity index (χ4n) is 1.33. The number of primary amides is 1. The van der Waals surface area contributed by atoms with Crippen LogP contribution in [0.4, 0.5) is 0 Å². The Labute approximate surface area is 113 Å². The molecule has 1 rings (SSSR count). The first-order chi connectivity index (χ1) is 7.91. The Kier molecular flexibility index (Phi) is 4.86. The highest BCUT2D eigenvalue weighted by molar-refractivity contribution is 14.1. The van der Waals surface area contributed by atoms with Crippen molar-refractivity contribution in [1.29, 1.82) is 0 Å². The van der Waals surface area contributed by atoms with Gasteiger partial charge in [-0.3, -0.25) is 14.6 Å². The Balaban J connectivity index is 2.81. The summed E-state index contributed by atoms with van der Waals surface area (Å²) in [6, 6.07) is 1.03. The summed E-state index contributed by atoms with van der Waals surface area (Å²) >= 11 is 2.07. The number of nitrogens with zero attached hydrogens (tertiary/aromatic N) is 1. The number of pyridine rings is 1. The first-order valence-corrected chi connectivity index (χ1v) is 6.20. The van der Waals surface area contributed by atoms with Gasteiger partial charge in [-0.15, -0.1) is 0 Å². The quantitative estimate of drug-likeness (QED) is 0.795. The van der Waals surface area contributed by atoms with Crippen LogP contribution < -0.4 is 11.1 Å². The number of halogens is 1. The minimum Gasteiger partial charge on any atom is -0.368 e. The van der Waals surface area contributed by atoms with E-state index in [4.69, 9.17) is 5.73 Å². The Bertz CT molecular complexity index is 434. The van der Waals surface area contributed by atoms with E-state index in [-0.39, 0.29) is 11.8 Å². The molecule has 1 aromatic heterocycles. The normalized spacial score (nSPS) is 12.2. The van der Waals surface area contributed by atoms with E-state index in [0.717, 1.165) is 3.57 Å². The summed E-state index contributed by atoms with van der Waals surface area (Å²) < 4.78 is 0.857. The molecular formula is C11H14IN3O2.